The molecule has 0 aliphatic carbocycles. The number of nitrogens with zero attached hydrogens (tertiary/aromatic N) is 2. The third-order valence-electron chi connectivity index (χ3n) is 3.07. The van der Waals surface area contributed by atoms with Crippen molar-refractivity contribution in [1.29, 1.82) is 0 Å². The lowest BCUT2D eigenvalue weighted by atomic mass is 9.86. The smallest absolute Gasteiger partial charge is 0.0683 e. The molecule has 3 heteroatoms. The fraction of sp³-hybridized carbons (Fsp3) is 0.750. The van der Waals surface area contributed by atoms with Crippen LogP contribution in [-0.4, -0.2) is 23.5 Å². The van der Waals surface area contributed by atoms with E-state index in [2.05, 4.69) is 38.9 Å². The molecule has 1 rings (SSSR count). The van der Waals surface area contributed by atoms with Crippen molar-refractivity contribution in [3.8, 4) is 0 Å². The molecular formula is C12H22N2O. The quantitative estimate of drug-likeness (QED) is 0.746. The lowest BCUT2D eigenvalue weighted by Crippen LogP contribution is -2.17. The molecule has 0 saturated heterocycles. The molecule has 0 atom stereocenters. The van der Waals surface area contributed by atoms with Crippen molar-refractivity contribution in [3.05, 3.63) is 17.5 Å². The van der Waals surface area contributed by atoms with E-state index in [1.807, 2.05) is 4.68 Å². The minimum Gasteiger partial charge on any atom is -0.383 e. The number of ether oxygens (including phenoxy) is 1. The largest absolute Gasteiger partial charge is 0.383 e. The molecule has 0 aromatic carbocycles. The zero-order chi connectivity index (χ0) is 11.5. The molecule has 0 spiro atoms. The van der Waals surface area contributed by atoms with E-state index in [9.17, 15) is 0 Å². The van der Waals surface area contributed by atoms with Gasteiger partial charge in [-0.15, -0.1) is 0 Å². The predicted octanol–water partition coefficient (Wildman–Crippen LogP) is 2.53. The highest BCUT2D eigenvalue weighted by Gasteiger charge is 2.21. The molecule has 0 aliphatic heterocycles. The molecule has 1 aromatic heterocycles. The predicted molar refractivity (Wildman–Crippen MR) is 62.2 cm³/mol. The van der Waals surface area contributed by atoms with Gasteiger partial charge in [-0.1, -0.05) is 20.8 Å². The Balaban J connectivity index is 2.85. The number of aromatic nitrogens is 2. The first kappa shape index (κ1) is 12.2. The highest BCUT2D eigenvalue weighted by Crippen LogP contribution is 2.25. The lowest BCUT2D eigenvalue weighted by Gasteiger charge is -2.19. The van der Waals surface area contributed by atoms with Crippen molar-refractivity contribution >= 4 is 0 Å². The minimum atomic E-state index is 0.170. The Morgan fingerprint density at radius 1 is 1.47 bits per heavy atom. The van der Waals surface area contributed by atoms with Crippen molar-refractivity contribution in [3.63, 3.8) is 0 Å². The summed E-state index contributed by atoms with van der Waals surface area (Å²) in [5, 5.41) is 4.63. The normalized spacial score (nSPS) is 12.1. The zero-order valence-corrected chi connectivity index (χ0v) is 10.5. The Morgan fingerprint density at radius 2 is 2.13 bits per heavy atom. The van der Waals surface area contributed by atoms with Crippen LogP contribution in [0.25, 0.3) is 0 Å². The molecule has 0 bridgehead atoms. The van der Waals surface area contributed by atoms with E-state index in [4.69, 9.17) is 4.74 Å². The van der Waals surface area contributed by atoms with E-state index in [0.29, 0.717) is 6.61 Å². The van der Waals surface area contributed by atoms with Gasteiger partial charge in [-0.3, -0.25) is 4.68 Å². The van der Waals surface area contributed by atoms with Crippen molar-refractivity contribution < 1.29 is 4.74 Å². The van der Waals surface area contributed by atoms with Crippen LogP contribution < -0.4 is 0 Å². The maximum absolute atomic E-state index is 5.06. The maximum Gasteiger partial charge on any atom is 0.0683 e. The topological polar surface area (TPSA) is 27.1 Å². The average Bonchev–Trinajstić information content (AvgIpc) is 2.57. The van der Waals surface area contributed by atoms with Gasteiger partial charge in [0.15, 0.2) is 0 Å². The Hall–Kier alpha value is -0.830. The van der Waals surface area contributed by atoms with Gasteiger partial charge in [-0.25, -0.2) is 0 Å². The van der Waals surface area contributed by atoms with Gasteiger partial charge >= 0.3 is 0 Å². The van der Waals surface area contributed by atoms with Gasteiger partial charge in [0.1, 0.15) is 0 Å². The summed E-state index contributed by atoms with van der Waals surface area (Å²) in [6.45, 7) is 10.3. The van der Waals surface area contributed by atoms with Crippen molar-refractivity contribution in [2.45, 2.75) is 46.1 Å². The van der Waals surface area contributed by atoms with Gasteiger partial charge in [0.05, 0.1) is 18.8 Å². The van der Waals surface area contributed by atoms with E-state index in [1.165, 1.54) is 11.4 Å². The molecule has 0 unspecified atom stereocenters. The van der Waals surface area contributed by atoms with E-state index in [1.54, 1.807) is 7.11 Å². The fourth-order valence-corrected chi connectivity index (χ4v) is 1.43. The molecule has 86 valence electrons. The summed E-state index contributed by atoms with van der Waals surface area (Å²) >= 11 is 0. The molecule has 0 fully saturated rings. The van der Waals surface area contributed by atoms with E-state index < -0.39 is 0 Å². The highest BCUT2D eigenvalue weighted by atomic mass is 16.5. The Morgan fingerprint density at radius 3 is 2.67 bits per heavy atom. The highest BCUT2D eigenvalue weighted by molar-refractivity contribution is 5.17. The molecule has 0 aliphatic rings. The van der Waals surface area contributed by atoms with Crippen LogP contribution in [0.15, 0.2) is 6.07 Å². The van der Waals surface area contributed by atoms with Crippen molar-refractivity contribution in [1.82, 2.24) is 9.78 Å². The Kier molecular flexibility index (Phi) is 3.91. The van der Waals surface area contributed by atoms with Gasteiger partial charge in [-0.2, -0.15) is 5.10 Å². The monoisotopic (exact) mass is 210 g/mol. The summed E-state index contributed by atoms with van der Waals surface area (Å²) in [6, 6.07) is 2.18. The molecule has 1 heterocycles. The van der Waals surface area contributed by atoms with Crippen molar-refractivity contribution in [2.75, 3.05) is 13.7 Å². The van der Waals surface area contributed by atoms with E-state index in [-0.39, 0.29) is 5.41 Å². The number of aryl methyl sites for hydroxylation is 1. The minimum absolute atomic E-state index is 0.170. The van der Waals surface area contributed by atoms with Crippen LogP contribution in [0.2, 0.25) is 0 Å². The summed E-state index contributed by atoms with van der Waals surface area (Å²) in [7, 11) is 1.72. The summed E-state index contributed by atoms with van der Waals surface area (Å²) in [5.41, 5.74) is 2.56. The van der Waals surface area contributed by atoms with Crippen LogP contribution in [0.3, 0.4) is 0 Å². The molecule has 0 saturated carbocycles. The van der Waals surface area contributed by atoms with Gasteiger partial charge in [0.25, 0.3) is 0 Å². The maximum atomic E-state index is 5.06. The third-order valence-corrected chi connectivity index (χ3v) is 3.07. The molecule has 0 radical (unpaired) electrons. The molecular weight excluding hydrogens is 188 g/mol. The number of methoxy groups -OCH3 is 1. The summed E-state index contributed by atoms with van der Waals surface area (Å²) in [6.07, 6.45) is 1.10. The second-order valence-corrected chi connectivity index (χ2v) is 4.62. The van der Waals surface area contributed by atoms with Crippen LogP contribution >= 0.6 is 0 Å². The van der Waals surface area contributed by atoms with Crippen LogP contribution in [0, 0.1) is 6.92 Å². The molecule has 0 N–H and O–H groups in total. The molecule has 1 aromatic rings. The zero-order valence-electron chi connectivity index (χ0n) is 10.5. The van der Waals surface area contributed by atoms with Crippen LogP contribution in [-0.2, 0) is 16.7 Å². The summed E-state index contributed by atoms with van der Waals surface area (Å²) in [5.74, 6) is 0. The number of hydrogen-bond donors (Lipinski definition) is 0. The van der Waals surface area contributed by atoms with Crippen LogP contribution in [0.5, 0.6) is 0 Å². The van der Waals surface area contributed by atoms with Gasteiger partial charge in [0, 0.05) is 18.2 Å². The number of rotatable bonds is 5. The first-order chi connectivity index (χ1) is 7.01. The SMILES string of the molecule is CCC(C)(C)c1cc(C)n(CCOC)n1. The van der Waals surface area contributed by atoms with Crippen LogP contribution in [0.1, 0.15) is 38.6 Å². The fourth-order valence-electron chi connectivity index (χ4n) is 1.43. The molecule has 0 amide bonds. The molecule has 3 nitrogen and oxygen atoms in total. The van der Waals surface area contributed by atoms with E-state index in [0.717, 1.165) is 13.0 Å². The van der Waals surface area contributed by atoms with Crippen LogP contribution in [0.4, 0.5) is 0 Å². The Labute approximate surface area is 92.4 Å². The van der Waals surface area contributed by atoms with Gasteiger partial charge in [0.2, 0.25) is 0 Å². The first-order valence-electron chi connectivity index (χ1n) is 5.55. The summed E-state index contributed by atoms with van der Waals surface area (Å²) < 4.78 is 7.09. The van der Waals surface area contributed by atoms with Gasteiger partial charge < -0.3 is 4.74 Å². The Bertz CT molecular complexity index is 315. The van der Waals surface area contributed by atoms with Gasteiger partial charge in [-0.05, 0) is 19.4 Å². The summed E-state index contributed by atoms with van der Waals surface area (Å²) in [4.78, 5) is 0. The van der Waals surface area contributed by atoms with Crippen molar-refractivity contribution in [2.24, 2.45) is 0 Å². The second-order valence-electron chi connectivity index (χ2n) is 4.62. The first-order valence-corrected chi connectivity index (χ1v) is 5.55. The van der Waals surface area contributed by atoms with E-state index >= 15 is 0 Å². The lowest BCUT2D eigenvalue weighted by molar-refractivity contribution is 0.182. The average molecular weight is 210 g/mol. The standard InChI is InChI=1S/C12H22N2O/c1-6-12(3,4)11-9-10(2)14(13-11)7-8-15-5/h9H,6-8H2,1-5H3. The number of hydrogen-bond acceptors (Lipinski definition) is 2. The second kappa shape index (κ2) is 4.79. The molecule has 15 heavy (non-hydrogen) atoms. The third kappa shape index (κ3) is 2.81.